The fourth-order valence-corrected chi connectivity index (χ4v) is 3.00. The number of unbranched alkanes of at least 4 members (excludes halogenated alkanes) is 2. The summed E-state index contributed by atoms with van der Waals surface area (Å²) >= 11 is 0. The first-order valence-corrected chi connectivity index (χ1v) is 8.28. The maximum absolute atomic E-state index is 11.5. The van der Waals surface area contributed by atoms with Gasteiger partial charge in [-0.25, -0.2) is 0 Å². The number of hydrogen-bond donors (Lipinski definition) is 0. The van der Waals surface area contributed by atoms with E-state index in [9.17, 15) is 4.79 Å². The minimum absolute atomic E-state index is 0.137. The summed E-state index contributed by atoms with van der Waals surface area (Å²) < 4.78 is 2.42. The van der Waals surface area contributed by atoms with Crippen molar-refractivity contribution in [3.8, 4) is 0 Å². The predicted molar refractivity (Wildman–Crippen MR) is 90.0 cm³/mol. The number of carbonyl (C=O) groups is 1. The molecule has 2 heteroatoms. The van der Waals surface area contributed by atoms with Crippen LogP contribution in [0.2, 0.25) is 0 Å². The Labute approximate surface area is 128 Å². The Balaban J connectivity index is 2.31. The molecule has 0 saturated heterocycles. The van der Waals surface area contributed by atoms with Crippen molar-refractivity contribution in [2.45, 2.75) is 65.3 Å². The smallest absolute Gasteiger partial charge is 0.159 e. The first-order chi connectivity index (χ1) is 10.2. The summed E-state index contributed by atoms with van der Waals surface area (Å²) in [5.74, 6) is 0.137. The van der Waals surface area contributed by atoms with Gasteiger partial charge in [-0.05, 0) is 44.0 Å². The number of nitrogens with zero attached hydrogens (tertiary/aromatic N) is 1. The lowest BCUT2D eigenvalue weighted by Gasteiger charge is -2.20. The Morgan fingerprint density at radius 2 is 1.76 bits per heavy atom. The molecule has 0 N–H and O–H groups in total. The van der Waals surface area contributed by atoms with Crippen LogP contribution in [0.1, 0.15) is 75.7 Å². The van der Waals surface area contributed by atoms with Crippen LogP contribution in [0, 0.1) is 0 Å². The molecular weight excluding hydrogens is 258 g/mol. The highest BCUT2D eigenvalue weighted by atomic mass is 16.1. The zero-order valence-electron chi connectivity index (χ0n) is 13.6. The van der Waals surface area contributed by atoms with Gasteiger partial charge in [0.05, 0.1) is 0 Å². The second-order valence-corrected chi connectivity index (χ2v) is 5.99. The van der Waals surface area contributed by atoms with Gasteiger partial charge in [0, 0.05) is 28.7 Å². The molecule has 0 unspecified atom stereocenters. The Kier molecular flexibility index (Phi) is 5.60. The van der Waals surface area contributed by atoms with Gasteiger partial charge >= 0.3 is 0 Å². The number of hydrogen-bond acceptors (Lipinski definition) is 1. The van der Waals surface area contributed by atoms with Gasteiger partial charge in [0.2, 0.25) is 0 Å². The van der Waals surface area contributed by atoms with Crippen LogP contribution in [0.3, 0.4) is 0 Å². The van der Waals surface area contributed by atoms with E-state index in [-0.39, 0.29) is 5.78 Å². The molecular formula is C19H27NO. The van der Waals surface area contributed by atoms with E-state index in [0.29, 0.717) is 6.04 Å². The number of aromatic nitrogens is 1. The highest BCUT2D eigenvalue weighted by molar-refractivity contribution is 5.98. The van der Waals surface area contributed by atoms with Crippen LogP contribution in [0.25, 0.3) is 10.9 Å². The van der Waals surface area contributed by atoms with E-state index in [4.69, 9.17) is 0 Å². The SMILES string of the molecule is CCCCC(CCCC)n1ccc2cc(C(C)=O)ccc21. The number of ketones is 1. The van der Waals surface area contributed by atoms with Crippen molar-refractivity contribution in [3.05, 3.63) is 36.0 Å². The van der Waals surface area contributed by atoms with Crippen molar-refractivity contribution in [2.24, 2.45) is 0 Å². The molecule has 1 heterocycles. The maximum Gasteiger partial charge on any atom is 0.159 e. The zero-order chi connectivity index (χ0) is 15.2. The van der Waals surface area contributed by atoms with Crippen molar-refractivity contribution in [1.82, 2.24) is 4.57 Å². The summed E-state index contributed by atoms with van der Waals surface area (Å²) in [6.45, 7) is 6.14. The molecule has 1 aromatic carbocycles. The highest BCUT2D eigenvalue weighted by Crippen LogP contribution is 2.28. The Morgan fingerprint density at radius 1 is 1.10 bits per heavy atom. The topological polar surface area (TPSA) is 22.0 Å². The second kappa shape index (κ2) is 7.44. The summed E-state index contributed by atoms with van der Waals surface area (Å²) in [5, 5.41) is 1.18. The van der Waals surface area contributed by atoms with Crippen LogP contribution in [-0.4, -0.2) is 10.4 Å². The molecule has 0 aliphatic rings. The predicted octanol–water partition coefficient (Wildman–Crippen LogP) is 5.77. The van der Waals surface area contributed by atoms with Crippen molar-refractivity contribution < 1.29 is 4.79 Å². The third kappa shape index (κ3) is 3.75. The van der Waals surface area contributed by atoms with Gasteiger partial charge in [0.25, 0.3) is 0 Å². The molecule has 0 bridgehead atoms. The van der Waals surface area contributed by atoms with Crippen molar-refractivity contribution >= 4 is 16.7 Å². The number of fused-ring (bicyclic) bond motifs is 1. The molecule has 0 aliphatic heterocycles. The Bertz CT molecular complexity index is 589. The van der Waals surface area contributed by atoms with Crippen molar-refractivity contribution in [1.29, 1.82) is 0 Å². The van der Waals surface area contributed by atoms with Crippen LogP contribution in [0.5, 0.6) is 0 Å². The monoisotopic (exact) mass is 285 g/mol. The van der Waals surface area contributed by atoms with Gasteiger partial charge in [-0.15, -0.1) is 0 Å². The van der Waals surface area contributed by atoms with Crippen LogP contribution in [0.4, 0.5) is 0 Å². The summed E-state index contributed by atoms with van der Waals surface area (Å²) in [6, 6.07) is 8.82. The molecule has 2 nitrogen and oxygen atoms in total. The van der Waals surface area contributed by atoms with E-state index in [1.54, 1.807) is 6.92 Å². The van der Waals surface area contributed by atoms with E-state index >= 15 is 0 Å². The maximum atomic E-state index is 11.5. The van der Waals surface area contributed by atoms with Gasteiger partial charge in [0.1, 0.15) is 0 Å². The fraction of sp³-hybridized carbons (Fsp3) is 0.526. The van der Waals surface area contributed by atoms with Crippen molar-refractivity contribution in [3.63, 3.8) is 0 Å². The van der Waals surface area contributed by atoms with E-state index in [2.05, 4.69) is 36.7 Å². The third-order valence-corrected chi connectivity index (χ3v) is 4.30. The number of benzene rings is 1. The second-order valence-electron chi connectivity index (χ2n) is 5.99. The quantitative estimate of drug-likeness (QED) is 0.565. The minimum Gasteiger partial charge on any atom is -0.344 e. The first kappa shape index (κ1) is 15.8. The van der Waals surface area contributed by atoms with E-state index < -0.39 is 0 Å². The highest BCUT2D eigenvalue weighted by Gasteiger charge is 2.13. The van der Waals surface area contributed by atoms with Crippen LogP contribution in [0.15, 0.2) is 30.5 Å². The largest absolute Gasteiger partial charge is 0.344 e. The molecule has 2 aromatic rings. The summed E-state index contributed by atoms with van der Waals surface area (Å²) in [7, 11) is 0. The van der Waals surface area contributed by atoms with Gasteiger partial charge in [-0.2, -0.15) is 0 Å². The first-order valence-electron chi connectivity index (χ1n) is 8.28. The molecule has 2 rings (SSSR count). The van der Waals surface area contributed by atoms with E-state index in [1.807, 2.05) is 12.1 Å². The molecule has 1 aromatic heterocycles. The third-order valence-electron chi connectivity index (χ3n) is 4.30. The van der Waals surface area contributed by atoms with Crippen LogP contribution in [-0.2, 0) is 0 Å². The molecule has 0 fully saturated rings. The molecule has 114 valence electrons. The molecule has 21 heavy (non-hydrogen) atoms. The lowest BCUT2D eigenvalue weighted by molar-refractivity contribution is 0.101. The number of Topliss-reactive ketones (excluding diaryl/α,β-unsaturated/α-hetero) is 1. The molecule has 0 aliphatic carbocycles. The molecule has 0 radical (unpaired) electrons. The Morgan fingerprint density at radius 3 is 2.33 bits per heavy atom. The zero-order valence-corrected chi connectivity index (χ0v) is 13.6. The molecule has 0 spiro atoms. The molecule has 0 atom stereocenters. The average Bonchev–Trinajstić information content (AvgIpc) is 2.90. The Hall–Kier alpha value is -1.57. The summed E-state index contributed by atoms with van der Waals surface area (Å²) in [6.07, 6.45) is 9.74. The number of rotatable bonds is 8. The summed E-state index contributed by atoms with van der Waals surface area (Å²) in [4.78, 5) is 11.5. The van der Waals surface area contributed by atoms with E-state index in [0.717, 1.165) is 5.56 Å². The average molecular weight is 285 g/mol. The van der Waals surface area contributed by atoms with Gasteiger partial charge < -0.3 is 4.57 Å². The van der Waals surface area contributed by atoms with Gasteiger partial charge in [0.15, 0.2) is 5.78 Å². The molecule has 0 amide bonds. The lowest BCUT2D eigenvalue weighted by Crippen LogP contribution is -2.08. The lowest BCUT2D eigenvalue weighted by atomic mass is 10.0. The van der Waals surface area contributed by atoms with E-state index in [1.165, 1.54) is 49.4 Å². The van der Waals surface area contributed by atoms with Gasteiger partial charge in [-0.3, -0.25) is 4.79 Å². The normalized spacial score (nSPS) is 11.4. The molecule has 0 saturated carbocycles. The fourth-order valence-electron chi connectivity index (χ4n) is 3.00. The minimum atomic E-state index is 0.137. The van der Waals surface area contributed by atoms with Crippen molar-refractivity contribution in [2.75, 3.05) is 0 Å². The van der Waals surface area contributed by atoms with Crippen LogP contribution >= 0.6 is 0 Å². The summed E-state index contributed by atoms with van der Waals surface area (Å²) in [5.41, 5.74) is 2.07. The van der Waals surface area contributed by atoms with Crippen LogP contribution < -0.4 is 0 Å². The standard InChI is InChI=1S/C19H27NO/c1-4-6-8-18(9-7-5-2)20-13-12-17-14-16(15(3)21)10-11-19(17)20/h10-14,18H,4-9H2,1-3H3. The number of carbonyl (C=O) groups excluding carboxylic acids is 1. The van der Waals surface area contributed by atoms with Gasteiger partial charge in [-0.1, -0.05) is 39.5 Å².